The molecule has 0 fully saturated rings. The maximum Gasteiger partial charge on any atom is 0.337 e. The van der Waals surface area contributed by atoms with Crippen molar-refractivity contribution in [1.82, 2.24) is 4.98 Å². The Balaban J connectivity index is 1.53. The summed E-state index contributed by atoms with van der Waals surface area (Å²) in [6, 6.07) is 20.7. The normalized spacial score (nSPS) is 11.4. The molecule has 0 aliphatic heterocycles. The van der Waals surface area contributed by atoms with Crippen molar-refractivity contribution in [3.63, 3.8) is 0 Å². The summed E-state index contributed by atoms with van der Waals surface area (Å²) in [6.45, 7) is 0. The fourth-order valence-corrected chi connectivity index (χ4v) is 4.63. The van der Waals surface area contributed by atoms with Gasteiger partial charge in [0.1, 0.15) is 17.6 Å². The van der Waals surface area contributed by atoms with Crippen molar-refractivity contribution >= 4 is 45.4 Å². The molecular formula is C22H14N2O3S2. The van der Waals surface area contributed by atoms with Crippen LogP contribution in [0.1, 0.15) is 16.1 Å². The molecule has 0 aliphatic rings. The van der Waals surface area contributed by atoms with E-state index < -0.39 is 0 Å². The van der Waals surface area contributed by atoms with Gasteiger partial charge in [-0.05, 0) is 48.2 Å². The van der Waals surface area contributed by atoms with Gasteiger partial charge in [0.2, 0.25) is 0 Å². The molecule has 0 N–H and O–H groups in total. The highest BCUT2D eigenvalue weighted by Crippen LogP contribution is 2.35. The number of thiazole rings is 1. The third-order valence-corrected chi connectivity index (χ3v) is 6.10. The lowest BCUT2D eigenvalue weighted by molar-refractivity contribution is 0.0600. The Labute approximate surface area is 175 Å². The van der Waals surface area contributed by atoms with Crippen molar-refractivity contribution in [1.29, 1.82) is 5.26 Å². The van der Waals surface area contributed by atoms with Crippen LogP contribution in [0.5, 0.6) is 0 Å². The average Bonchev–Trinajstić information content (AvgIpc) is 3.39. The molecule has 0 atom stereocenters. The van der Waals surface area contributed by atoms with Gasteiger partial charge in [-0.3, -0.25) is 0 Å². The minimum Gasteiger partial charge on any atom is -0.465 e. The van der Waals surface area contributed by atoms with Gasteiger partial charge in [0.25, 0.3) is 0 Å². The number of thioether (sulfide) groups is 1. The lowest BCUT2D eigenvalue weighted by atomic mass is 10.1. The van der Waals surface area contributed by atoms with Crippen molar-refractivity contribution in [2.45, 2.75) is 4.34 Å². The van der Waals surface area contributed by atoms with E-state index in [1.54, 1.807) is 47.7 Å². The number of carbonyl (C=O) groups excluding carboxylic acids is 1. The number of para-hydroxylation sites is 1. The van der Waals surface area contributed by atoms with E-state index in [1.165, 1.54) is 18.9 Å². The van der Waals surface area contributed by atoms with Gasteiger partial charge in [-0.15, -0.1) is 11.3 Å². The quantitative estimate of drug-likeness (QED) is 0.225. The Morgan fingerprint density at radius 3 is 2.69 bits per heavy atom. The van der Waals surface area contributed by atoms with Crippen LogP contribution in [0.2, 0.25) is 0 Å². The molecular weight excluding hydrogens is 404 g/mol. The number of furan rings is 1. The number of nitriles is 1. The van der Waals surface area contributed by atoms with Crippen LogP contribution in [-0.4, -0.2) is 18.1 Å². The van der Waals surface area contributed by atoms with E-state index >= 15 is 0 Å². The fourth-order valence-electron chi connectivity index (χ4n) is 2.68. The van der Waals surface area contributed by atoms with E-state index in [9.17, 15) is 10.1 Å². The Bertz CT molecular complexity index is 1210. The number of nitrogens with zero attached hydrogens (tertiary/aromatic N) is 2. The predicted octanol–water partition coefficient (Wildman–Crippen LogP) is 6.00. The summed E-state index contributed by atoms with van der Waals surface area (Å²) in [5, 5.41) is 9.51. The standard InChI is InChI=1S/C22H14N2O3S2/c1-26-21(25)15-8-6-14(7-9-15)19-11-10-16(27-19)12-17(13-23)28-22-24-18-4-2-3-5-20(18)29-22/h2-12H,1H3. The second-order valence-electron chi connectivity index (χ2n) is 5.94. The van der Waals surface area contributed by atoms with Crippen LogP contribution in [0, 0.1) is 11.3 Å². The Morgan fingerprint density at radius 1 is 1.17 bits per heavy atom. The summed E-state index contributed by atoms with van der Waals surface area (Å²) >= 11 is 2.87. The van der Waals surface area contributed by atoms with Crippen LogP contribution >= 0.6 is 23.1 Å². The molecule has 0 aliphatic carbocycles. The third-order valence-electron chi connectivity index (χ3n) is 4.07. The number of fused-ring (bicyclic) bond motifs is 1. The van der Waals surface area contributed by atoms with Crippen LogP contribution in [0.15, 0.2) is 74.3 Å². The van der Waals surface area contributed by atoms with Crippen LogP contribution in [0.4, 0.5) is 0 Å². The van der Waals surface area contributed by atoms with Gasteiger partial charge >= 0.3 is 5.97 Å². The van der Waals surface area contributed by atoms with Gasteiger partial charge in [-0.25, -0.2) is 9.78 Å². The van der Waals surface area contributed by atoms with Crippen molar-refractivity contribution in [3.8, 4) is 17.4 Å². The van der Waals surface area contributed by atoms with Crippen LogP contribution in [0.25, 0.3) is 27.6 Å². The molecule has 5 nitrogen and oxygen atoms in total. The summed E-state index contributed by atoms with van der Waals surface area (Å²) in [5.74, 6) is 0.835. The van der Waals surface area contributed by atoms with E-state index in [4.69, 9.17) is 9.15 Å². The SMILES string of the molecule is COC(=O)c1ccc(-c2ccc(C=C(C#N)Sc3nc4ccccc4s3)o2)cc1. The first-order valence-corrected chi connectivity index (χ1v) is 10.2. The second kappa shape index (κ2) is 8.35. The van der Waals surface area contributed by atoms with E-state index in [0.29, 0.717) is 22.0 Å². The second-order valence-corrected chi connectivity index (χ2v) is 8.26. The summed E-state index contributed by atoms with van der Waals surface area (Å²) in [7, 11) is 1.35. The number of carbonyl (C=O) groups is 1. The van der Waals surface area contributed by atoms with Gasteiger partial charge < -0.3 is 9.15 Å². The molecule has 0 amide bonds. The van der Waals surface area contributed by atoms with E-state index in [0.717, 1.165) is 20.1 Å². The van der Waals surface area contributed by atoms with Gasteiger partial charge in [-0.1, -0.05) is 24.3 Å². The van der Waals surface area contributed by atoms with Crippen molar-refractivity contribution in [2.75, 3.05) is 7.11 Å². The predicted molar refractivity (Wildman–Crippen MR) is 115 cm³/mol. The summed E-state index contributed by atoms with van der Waals surface area (Å²) in [5.41, 5.74) is 2.23. The number of hydrogen-bond acceptors (Lipinski definition) is 7. The van der Waals surface area contributed by atoms with Crippen molar-refractivity contribution in [2.24, 2.45) is 0 Å². The first kappa shape index (κ1) is 19.0. The monoisotopic (exact) mass is 418 g/mol. The van der Waals surface area contributed by atoms with Crippen molar-refractivity contribution in [3.05, 3.63) is 76.9 Å². The first-order chi connectivity index (χ1) is 14.2. The molecule has 2 aromatic carbocycles. The highest BCUT2D eigenvalue weighted by molar-refractivity contribution is 8.05. The van der Waals surface area contributed by atoms with Gasteiger partial charge in [0.05, 0.1) is 27.8 Å². The van der Waals surface area contributed by atoms with Gasteiger partial charge in [0, 0.05) is 11.6 Å². The molecule has 0 saturated heterocycles. The number of methoxy groups -OCH3 is 1. The maximum atomic E-state index is 11.5. The Kier molecular flexibility index (Phi) is 5.47. The summed E-state index contributed by atoms with van der Waals surface area (Å²) in [6.07, 6.45) is 1.70. The van der Waals surface area contributed by atoms with Crippen LogP contribution in [0.3, 0.4) is 0 Å². The number of rotatable bonds is 5. The zero-order valence-corrected chi connectivity index (χ0v) is 16.9. The zero-order chi connectivity index (χ0) is 20.2. The molecule has 0 unspecified atom stereocenters. The number of hydrogen-bond donors (Lipinski definition) is 0. The smallest absolute Gasteiger partial charge is 0.337 e. The lowest BCUT2D eigenvalue weighted by Gasteiger charge is -2.00. The molecule has 29 heavy (non-hydrogen) atoms. The van der Waals surface area contributed by atoms with Gasteiger partial charge in [-0.2, -0.15) is 5.26 Å². The largest absolute Gasteiger partial charge is 0.465 e. The van der Waals surface area contributed by atoms with Crippen LogP contribution < -0.4 is 0 Å². The summed E-state index contributed by atoms with van der Waals surface area (Å²) < 4.78 is 12.4. The zero-order valence-electron chi connectivity index (χ0n) is 15.3. The van der Waals surface area contributed by atoms with Gasteiger partial charge in [0.15, 0.2) is 4.34 Å². The number of esters is 1. The number of benzene rings is 2. The maximum absolute atomic E-state index is 11.5. The molecule has 7 heteroatoms. The number of allylic oxidation sites excluding steroid dienone is 1. The molecule has 4 aromatic rings. The Hall–Kier alpha value is -3.34. The van der Waals surface area contributed by atoms with E-state index in [-0.39, 0.29) is 5.97 Å². The fraction of sp³-hybridized carbons (Fsp3) is 0.0455. The van der Waals surface area contributed by atoms with Crippen LogP contribution in [-0.2, 0) is 4.74 Å². The lowest BCUT2D eigenvalue weighted by Crippen LogP contribution is -2.00. The highest BCUT2D eigenvalue weighted by Gasteiger charge is 2.10. The molecule has 0 radical (unpaired) electrons. The van der Waals surface area contributed by atoms with Crippen molar-refractivity contribution < 1.29 is 13.9 Å². The first-order valence-electron chi connectivity index (χ1n) is 8.60. The van der Waals surface area contributed by atoms with E-state index in [1.807, 2.05) is 30.3 Å². The Morgan fingerprint density at radius 2 is 1.97 bits per heavy atom. The number of aromatic nitrogens is 1. The molecule has 0 spiro atoms. The molecule has 0 bridgehead atoms. The molecule has 2 aromatic heterocycles. The van der Waals surface area contributed by atoms with E-state index in [2.05, 4.69) is 11.1 Å². The molecule has 2 heterocycles. The highest BCUT2D eigenvalue weighted by atomic mass is 32.2. The molecule has 4 rings (SSSR count). The average molecular weight is 418 g/mol. The topological polar surface area (TPSA) is 76.1 Å². The third kappa shape index (κ3) is 4.24. The molecule has 0 saturated carbocycles. The molecule has 142 valence electrons. The summed E-state index contributed by atoms with van der Waals surface area (Å²) in [4.78, 5) is 16.6. The minimum absolute atomic E-state index is 0.384. The minimum atomic E-state index is -0.384. The number of ether oxygens (including phenoxy) is 1.